The molecule has 3 heterocycles. The molecular weight excluding hydrogens is 532 g/mol. The van der Waals surface area contributed by atoms with Gasteiger partial charge >= 0.3 is 5.97 Å². The molecule has 8 nitrogen and oxygen atoms in total. The smallest absolute Gasteiger partial charge is 0.306 e. The first-order chi connectivity index (χ1) is 18.3. The summed E-state index contributed by atoms with van der Waals surface area (Å²) in [7, 11) is 0. The first-order valence-corrected chi connectivity index (χ1v) is 12.2. The number of hydrogen-bond donors (Lipinski definition) is 2. The van der Waals surface area contributed by atoms with Crippen LogP contribution in [0.3, 0.4) is 0 Å². The standard InChI is InChI=1S/C27H18Cl2FN5O3/c1-2-14-11-31-6-5-17(14)18-9-20(28)19(10-22(18)30)26(36)34-16-8-21(29)25(32-12-16)35-13-33-23-7-15(27(37)38)3-4-24(23)35/h1,5-6,8-13,15H,3-4,7H2,(H,34,36)(H,37,38). The van der Waals surface area contributed by atoms with E-state index in [2.05, 4.69) is 26.2 Å². The second-order valence-corrected chi connectivity index (χ2v) is 9.46. The molecule has 1 atom stereocenters. The summed E-state index contributed by atoms with van der Waals surface area (Å²) in [5.41, 5.74) is 2.70. The summed E-state index contributed by atoms with van der Waals surface area (Å²) in [5, 5.41) is 12.2. The molecule has 0 saturated carbocycles. The van der Waals surface area contributed by atoms with Crippen LogP contribution in [-0.4, -0.2) is 36.5 Å². The number of terminal acetylenes is 1. The Bertz CT molecular complexity index is 1650. The molecule has 38 heavy (non-hydrogen) atoms. The van der Waals surface area contributed by atoms with Crippen LogP contribution in [0.5, 0.6) is 0 Å². The van der Waals surface area contributed by atoms with Crippen LogP contribution in [0.2, 0.25) is 10.0 Å². The second kappa shape index (κ2) is 10.2. The average molecular weight is 550 g/mol. The quantitative estimate of drug-likeness (QED) is 0.331. The number of nitrogens with zero attached hydrogens (tertiary/aromatic N) is 4. The molecule has 0 radical (unpaired) electrons. The predicted molar refractivity (Wildman–Crippen MR) is 140 cm³/mol. The van der Waals surface area contributed by atoms with Gasteiger partial charge in [0.15, 0.2) is 5.82 Å². The summed E-state index contributed by atoms with van der Waals surface area (Å²) in [6.45, 7) is 0. The summed E-state index contributed by atoms with van der Waals surface area (Å²) in [5.74, 6) is 0.200. The lowest BCUT2D eigenvalue weighted by Gasteiger charge is -2.19. The van der Waals surface area contributed by atoms with E-state index in [4.69, 9.17) is 29.6 Å². The number of imidazole rings is 1. The fourth-order valence-electron chi connectivity index (χ4n) is 4.43. The van der Waals surface area contributed by atoms with Gasteiger partial charge in [0.05, 0.1) is 44.7 Å². The number of aliphatic carboxylic acids is 1. The number of carbonyl (C=O) groups excluding carboxylic acids is 1. The van der Waals surface area contributed by atoms with E-state index in [0.29, 0.717) is 41.9 Å². The van der Waals surface area contributed by atoms with Gasteiger partial charge in [-0.05, 0) is 37.1 Å². The van der Waals surface area contributed by atoms with Crippen LogP contribution in [0.25, 0.3) is 16.9 Å². The summed E-state index contributed by atoms with van der Waals surface area (Å²) in [6.07, 6.45) is 12.7. The van der Waals surface area contributed by atoms with Crippen molar-refractivity contribution in [3.8, 4) is 29.3 Å². The van der Waals surface area contributed by atoms with E-state index in [0.717, 1.165) is 11.8 Å². The molecule has 0 bridgehead atoms. The fraction of sp³-hybridized carbons (Fsp3) is 0.148. The maximum atomic E-state index is 15.0. The first kappa shape index (κ1) is 25.4. The molecule has 0 fully saturated rings. The highest BCUT2D eigenvalue weighted by atomic mass is 35.5. The third kappa shape index (κ3) is 4.72. The number of rotatable bonds is 5. The number of hydrogen-bond acceptors (Lipinski definition) is 5. The Labute approximate surface area is 226 Å². The molecule has 1 unspecified atom stereocenters. The first-order valence-electron chi connectivity index (χ1n) is 11.4. The van der Waals surface area contributed by atoms with Gasteiger partial charge in [-0.15, -0.1) is 6.42 Å². The largest absolute Gasteiger partial charge is 0.481 e. The molecule has 0 aliphatic heterocycles. The van der Waals surface area contributed by atoms with Crippen LogP contribution < -0.4 is 5.32 Å². The van der Waals surface area contributed by atoms with Gasteiger partial charge in [0, 0.05) is 35.6 Å². The van der Waals surface area contributed by atoms with Gasteiger partial charge in [0.25, 0.3) is 5.91 Å². The Balaban J connectivity index is 1.37. The van der Waals surface area contributed by atoms with E-state index in [1.807, 2.05) is 0 Å². The summed E-state index contributed by atoms with van der Waals surface area (Å²) in [4.78, 5) is 36.9. The zero-order valence-electron chi connectivity index (χ0n) is 19.6. The number of benzene rings is 1. The van der Waals surface area contributed by atoms with Crippen LogP contribution >= 0.6 is 23.2 Å². The Morgan fingerprint density at radius 2 is 1.97 bits per heavy atom. The molecule has 1 aliphatic carbocycles. The molecule has 11 heteroatoms. The van der Waals surface area contributed by atoms with Crippen LogP contribution in [0.15, 0.2) is 49.2 Å². The minimum absolute atomic E-state index is 0.0269. The van der Waals surface area contributed by atoms with Gasteiger partial charge in [-0.2, -0.15) is 0 Å². The number of halogens is 3. The highest BCUT2D eigenvalue weighted by molar-refractivity contribution is 6.35. The van der Waals surface area contributed by atoms with Crippen molar-refractivity contribution in [1.29, 1.82) is 0 Å². The molecule has 1 aromatic carbocycles. The molecule has 3 aromatic heterocycles. The molecule has 0 spiro atoms. The van der Waals surface area contributed by atoms with E-state index in [1.54, 1.807) is 17.0 Å². The van der Waals surface area contributed by atoms with Crippen molar-refractivity contribution < 1.29 is 19.1 Å². The number of pyridine rings is 2. The van der Waals surface area contributed by atoms with Crippen LogP contribution in [0, 0.1) is 24.1 Å². The minimum atomic E-state index is -0.842. The van der Waals surface area contributed by atoms with E-state index in [-0.39, 0.29) is 26.9 Å². The summed E-state index contributed by atoms with van der Waals surface area (Å²) >= 11 is 12.8. The topological polar surface area (TPSA) is 110 Å². The van der Waals surface area contributed by atoms with Gasteiger partial charge in [-0.1, -0.05) is 29.1 Å². The van der Waals surface area contributed by atoms with Crippen molar-refractivity contribution >= 4 is 40.8 Å². The number of anilines is 1. The summed E-state index contributed by atoms with van der Waals surface area (Å²) in [6, 6.07) is 5.46. The number of carbonyl (C=O) groups is 2. The number of nitrogens with one attached hydrogen (secondary N) is 1. The summed E-state index contributed by atoms with van der Waals surface area (Å²) < 4.78 is 16.7. The van der Waals surface area contributed by atoms with Gasteiger partial charge in [0.2, 0.25) is 0 Å². The van der Waals surface area contributed by atoms with E-state index in [1.165, 1.54) is 30.7 Å². The van der Waals surface area contributed by atoms with Crippen molar-refractivity contribution in [2.45, 2.75) is 19.3 Å². The number of fused-ring (bicyclic) bond motifs is 1. The van der Waals surface area contributed by atoms with Crippen LogP contribution in [-0.2, 0) is 17.6 Å². The minimum Gasteiger partial charge on any atom is -0.481 e. The molecule has 0 saturated heterocycles. The van der Waals surface area contributed by atoms with Crippen LogP contribution in [0.4, 0.5) is 10.1 Å². The fourth-order valence-corrected chi connectivity index (χ4v) is 4.94. The highest BCUT2D eigenvalue weighted by Crippen LogP contribution is 2.32. The SMILES string of the molecule is C#Cc1cnccc1-c1cc(Cl)c(C(=O)Nc2cnc(-n3cnc4c3CCC(C(=O)O)C4)c(Cl)c2)cc1F. The number of carboxylic acid groups (broad SMARTS) is 1. The van der Waals surface area contributed by atoms with E-state index >= 15 is 4.39 Å². The van der Waals surface area contributed by atoms with Crippen molar-refractivity contribution in [2.75, 3.05) is 5.32 Å². The molecule has 5 rings (SSSR count). The second-order valence-electron chi connectivity index (χ2n) is 8.65. The number of amides is 1. The molecular formula is C27H18Cl2FN5O3. The maximum absolute atomic E-state index is 15.0. The van der Waals surface area contributed by atoms with Gasteiger partial charge < -0.3 is 10.4 Å². The van der Waals surface area contributed by atoms with Crippen molar-refractivity contribution in [1.82, 2.24) is 19.5 Å². The molecule has 2 N–H and O–H groups in total. The lowest BCUT2D eigenvalue weighted by Crippen LogP contribution is -2.23. The van der Waals surface area contributed by atoms with Gasteiger partial charge in [-0.3, -0.25) is 19.1 Å². The van der Waals surface area contributed by atoms with E-state index in [9.17, 15) is 14.7 Å². The Morgan fingerprint density at radius 3 is 2.71 bits per heavy atom. The predicted octanol–water partition coefficient (Wildman–Crippen LogP) is 5.20. The van der Waals surface area contributed by atoms with Crippen molar-refractivity contribution in [2.24, 2.45) is 5.92 Å². The normalized spacial score (nSPS) is 14.4. The average Bonchev–Trinajstić information content (AvgIpc) is 3.32. The zero-order valence-corrected chi connectivity index (χ0v) is 21.1. The molecule has 1 amide bonds. The maximum Gasteiger partial charge on any atom is 0.306 e. The lowest BCUT2D eigenvalue weighted by atomic mass is 9.90. The van der Waals surface area contributed by atoms with Gasteiger partial charge in [-0.25, -0.2) is 14.4 Å². The third-order valence-electron chi connectivity index (χ3n) is 6.35. The van der Waals surface area contributed by atoms with E-state index < -0.39 is 23.6 Å². The lowest BCUT2D eigenvalue weighted by molar-refractivity contribution is -0.142. The Morgan fingerprint density at radius 1 is 1.16 bits per heavy atom. The van der Waals surface area contributed by atoms with Gasteiger partial charge in [0.1, 0.15) is 12.1 Å². The zero-order chi connectivity index (χ0) is 27.0. The Hall–Kier alpha value is -4.26. The van der Waals surface area contributed by atoms with Crippen molar-refractivity contribution in [3.05, 3.63) is 87.6 Å². The highest BCUT2D eigenvalue weighted by Gasteiger charge is 2.28. The number of aromatic nitrogens is 4. The monoisotopic (exact) mass is 549 g/mol. The molecule has 4 aromatic rings. The molecule has 190 valence electrons. The van der Waals surface area contributed by atoms with Crippen LogP contribution in [0.1, 0.15) is 33.7 Å². The number of carboxylic acids is 1. The van der Waals surface area contributed by atoms with Crippen molar-refractivity contribution in [3.63, 3.8) is 0 Å². The third-order valence-corrected chi connectivity index (χ3v) is 6.94. The Kier molecular flexibility index (Phi) is 6.85. The molecule has 1 aliphatic rings.